The normalized spacial score (nSPS) is 18.4. The SMILES string of the molecule is CC1(C)CCN(c2ccc(C(F)(F)F)c(C(N)=S)c2)C1. The number of thiocarbonyl (C=S) groups is 1. The molecule has 2 nitrogen and oxygen atoms in total. The average molecular weight is 302 g/mol. The zero-order valence-electron chi connectivity index (χ0n) is 11.4. The van der Waals surface area contributed by atoms with Crippen LogP contribution in [0.4, 0.5) is 18.9 Å². The summed E-state index contributed by atoms with van der Waals surface area (Å²) in [5, 5.41) is 0. The van der Waals surface area contributed by atoms with E-state index in [0.717, 1.165) is 31.3 Å². The first-order chi connectivity index (χ1) is 9.10. The summed E-state index contributed by atoms with van der Waals surface area (Å²) in [6, 6.07) is 4.01. The van der Waals surface area contributed by atoms with Crippen molar-refractivity contribution in [3.05, 3.63) is 29.3 Å². The fraction of sp³-hybridized carbons (Fsp3) is 0.500. The van der Waals surface area contributed by atoms with Crippen LogP contribution in [0.3, 0.4) is 0 Å². The maximum Gasteiger partial charge on any atom is 0.417 e. The fourth-order valence-corrected chi connectivity index (χ4v) is 2.68. The Bertz CT molecular complexity index is 538. The van der Waals surface area contributed by atoms with Crippen LogP contribution in [0.1, 0.15) is 31.4 Å². The quantitative estimate of drug-likeness (QED) is 0.847. The van der Waals surface area contributed by atoms with Gasteiger partial charge in [0.15, 0.2) is 0 Å². The molecule has 1 aromatic rings. The molecule has 1 aliphatic heterocycles. The highest BCUT2D eigenvalue weighted by Crippen LogP contribution is 2.37. The van der Waals surface area contributed by atoms with E-state index in [1.807, 2.05) is 0 Å². The van der Waals surface area contributed by atoms with Gasteiger partial charge in [0.25, 0.3) is 0 Å². The van der Waals surface area contributed by atoms with Crippen LogP contribution >= 0.6 is 12.2 Å². The van der Waals surface area contributed by atoms with E-state index >= 15 is 0 Å². The molecule has 2 rings (SSSR count). The molecule has 1 aromatic carbocycles. The van der Waals surface area contributed by atoms with Gasteiger partial charge in [0.05, 0.1) is 5.56 Å². The number of hydrogen-bond acceptors (Lipinski definition) is 2. The lowest BCUT2D eigenvalue weighted by molar-refractivity contribution is -0.137. The highest BCUT2D eigenvalue weighted by Gasteiger charge is 2.35. The molecule has 1 saturated heterocycles. The van der Waals surface area contributed by atoms with Gasteiger partial charge in [-0.1, -0.05) is 26.1 Å². The van der Waals surface area contributed by atoms with Crippen molar-refractivity contribution in [2.45, 2.75) is 26.4 Å². The molecule has 1 aliphatic rings. The number of benzene rings is 1. The van der Waals surface area contributed by atoms with E-state index in [1.54, 1.807) is 0 Å². The number of halogens is 3. The van der Waals surface area contributed by atoms with Crippen LogP contribution in [0.25, 0.3) is 0 Å². The summed E-state index contributed by atoms with van der Waals surface area (Å²) in [5.74, 6) is 0. The number of alkyl halides is 3. The molecule has 0 bridgehead atoms. The molecule has 0 aliphatic carbocycles. The lowest BCUT2D eigenvalue weighted by Gasteiger charge is -2.23. The van der Waals surface area contributed by atoms with Crippen LogP contribution < -0.4 is 10.6 Å². The largest absolute Gasteiger partial charge is 0.417 e. The molecule has 0 unspecified atom stereocenters. The first-order valence-electron chi connectivity index (χ1n) is 6.36. The van der Waals surface area contributed by atoms with Gasteiger partial charge < -0.3 is 10.6 Å². The van der Waals surface area contributed by atoms with Crippen LogP contribution in [0.15, 0.2) is 18.2 Å². The summed E-state index contributed by atoms with van der Waals surface area (Å²) in [7, 11) is 0. The minimum atomic E-state index is -4.44. The summed E-state index contributed by atoms with van der Waals surface area (Å²) >= 11 is 4.76. The smallest absolute Gasteiger partial charge is 0.389 e. The van der Waals surface area contributed by atoms with Crippen LogP contribution in [-0.2, 0) is 6.18 Å². The molecule has 110 valence electrons. The maximum absolute atomic E-state index is 12.9. The van der Waals surface area contributed by atoms with Crippen molar-refractivity contribution in [3.8, 4) is 0 Å². The fourth-order valence-electron chi connectivity index (χ4n) is 2.51. The first-order valence-corrected chi connectivity index (χ1v) is 6.77. The first kappa shape index (κ1) is 15.1. The molecule has 20 heavy (non-hydrogen) atoms. The number of nitrogens with zero attached hydrogens (tertiary/aromatic N) is 1. The number of rotatable bonds is 2. The second-order valence-corrected chi connectivity index (χ2v) is 6.37. The van der Waals surface area contributed by atoms with Gasteiger partial charge in [0.1, 0.15) is 4.99 Å². The van der Waals surface area contributed by atoms with E-state index in [0.29, 0.717) is 0 Å². The maximum atomic E-state index is 12.9. The van der Waals surface area contributed by atoms with Crippen molar-refractivity contribution in [1.29, 1.82) is 0 Å². The number of nitrogens with two attached hydrogens (primary N) is 1. The molecule has 0 atom stereocenters. The second kappa shape index (κ2) is 4.91. The zero-order valence-corrected chi connectivity index (χ0v) is 12.2. The Balaban J connectivity index is 2.39. The Morgan fingerprint density at radius 1 is 1.35 bits per heavy atom. The molecular weight excluding hydrogens is 285 g/mol. The van der Waals surface area contributed by atoms with Gasteiger partial charge in [-0.25, -0.2) is 0 Å². The Morgan fingerprint density at radius 2 is 2.00 bits per heavy atom. The van der Waals surface area contributed by atoms with Crippen LogP contribution in [-0.4, -0.2) is 18.1 Å². The Kier molecular flexibility index (Phi) is 3.71. The number of hydrogen-bond donors (Lipinski definition) is 1. The van der Waals surface area contributed by atoms with Crippen molar-refractivity contribution in [3.63, 3.8) is 0 Å². The molecule has 0 saturated carbocycles. The lowest BCUT2D eigenvalue weighted by atomic mass is 9.93. The van der Waals surface area contributed by atoms with Crippen molar-refractivity contribution >= 4 is 22.9 Å². The molecule has 1 heterocycles. The van der Waals surface area contributed by atoms with E-state index in [4.69, 9.17) is 18.0 Å². The summed E-state index contributed by atoms with van der Waals surface area (Å²) in [4.78, 5) is 1.85. The van der Waals surface area contributed by atoms with Gasteiger partial charge in [-0.3, -0.25) is 0 Å². The monoisotopic (exact) mass is 302 g/mol. The summed E-state index contributed by atoms with van der Waals surface area (Å²) < 4.78 is 38.7. The standard InChI is InChI=1S/C14H17F3N2S/c1-13(2)5-6-19(8-13)9-3-4-11(14(15,16)17)10(7-9)12(18)20/h3-4,7H,5-6,8H2,1-2H3,(H2,18,20). The van der Waals surface area contributed by atoms with Crippen molar-refractivity contribution in [1.82, 2.24) is 0 Å². The highest BCUT2D eigenvalue weighted by molar-refractivity contribution is 7.80. The van der Waals surface area contributed by atoms with Crippen LogP contribution in [0.2, 0.25) is 0 Å². The van der Waals surface area contributed by atoms with E-state index in [1.165, 1.54) is 12.1 Å². The Labute approximate surface area is 121 Å². The van der Waals surface area contributed by atoms with Gasteiger partial charge >= 0.3 is 6.18 Å². The predicted octanol–water partition coefficient (Wildman–Crippen LogP) is 3.58. The molecule has 0 aromatic heterocycles. The number of anilines is 1. The molecule has 0 spiro atoms. The predicted molar refractivity (Wildman–Crippen MR) is 77.9 cm³/mol. The van der Waals surface area contributed by atoms with Gasteiger partial charge in [-0.15, -0.1) is 0 Å². The van der Waals surface area contributed by atoms with Crippen molar-refractivity contribution < 1.29 is 13.2 Å². The minimum Gasteiger partial charge on any atom is -0.389 e. The summed E-state index contributed by atoms with van der Waals surface area (Å²) in [6.45, 7) is 5.93. The van der Waals surface area contributed by atoms with E-state index < -0.39 is 11.7 Å². The summed E-state index contributed by atoms with van der Waals surface area (Å²) in [6.07, 6.45) is -3.43. The van der Waals surface area contributed by atoms with E-state index in [9.17, 15) is 13.2 Å². The van der Waals surface area contributed by atoms with E-state index in [2.05, 4.69) is 18.7 Å². The Hall–Kier alpha value is -1.30. The molecule has 6 heteroatoms. The average Bonchev–Trinajstić information content (AvgIpc) is 2.67. The molecular formula is C14H17F3N2S. The second-order valence-electron chi connectivity index (χ2n) is 5.93. The Morgan fingerprint density at radius 3 is 2.45 bits per heavy atom. The van der Waals surface area contributed by atoms with Gasteiger partial charge in [-0.05, 0) is 30.0 Å². The zero-order chi connectivity index (χ0) is 15.1. The van der Waals surface area contributed by atoms with Crippen LogP contribution in [0.5, 0.6) is 0 Å². The lowest BCUT2D eigenvalue weighted by Crippen LogP contribution is -2.24. The minimum absolute atomic E-state index is 0.102. The third kappa shape index (κ3) is 3.06. The highest BCUT2D eigenvalue weighted by atomic mass is 32.1. The molecule has 0 radical (unpaired) electrons. The topological polar surface area (TPSA) is 29.3 Å². The molecule has 2 N–H and O–H groups in total. The third-order valence-corrected chi connectivity index (χ3v) is 3.84. The molecule has 1 fully saturated rings. The van der Waals surface area contributed by atoms with Gasteiger partial charge in [-0.2, -0.15) is 13.2 Å². The van der Waals surface area contributed by atoms with Crippen LogP contribution in [0, 0.1) is 5.41 Å². The van der Waals surface area contributed by atoms with Gasteiger partial charge in [0, 0.05) is 24.3 Å². The third-order valence-electron chi connectivity index (χ3n) is 3.62. The van der Waals surface area contributed by atoms with E-state index in [-0.39, 0.29) is 16.0 Å². The summed E-state index contributed by atoms with van der Waals surface area (Å²) in [5.41, 5.74) is 5.49. The molecule has 0 amide bonds. The van der Waals surface area contributed by atoms with Crippen molar-refractivity contribution in [2.24, 2.45) is 11.1 Å². The van der Waals surface area contributed by atoms with Gasteiger partial charge in [0.2, 0.25) is 0 Å². The van der Waals surface area contributed by atoms with Crippen molar-refractivity contribution in [2.75, 3.05) is 18.0 Å².